The molecule has 2 aromatic carbocycles. The molecule has 9 heteroatoms. The lowest BCUT2D eigenvalue weighted by Gasteiger charge is -2.24. The number of carbonyl (C=O) groups excluding carboxylic acids is 2. The molecule has 0 bridgehead atoms. The lowest BCUT2D eigenvalue weighted by atomic mass is 9.96. The van der Waals surface area contributed by atoms with Crippen LogP contribution in [0.25, 0.3) is 5.57 Å². The Morgan fingerprint density at radius 1 is 1.05 bits per heavy atom. The van der Waals surface area contributed by atoms with Gasteiger partial charge in [0.2, 0.25) is 0 Å². The lowest BCUT2D eigenvalue weighted by molar-refractivity contribution is -0.136. The van der Waals surface area contributed by atoms with E-state index in [0.717, 1.165) is 47.4 Å². The highest BCUT2D eigenvalue weighted by atomic mass is 32.2. The minimum absolute atomic E-state index is 0.160. The van der Waals surface area contributed by atoms with E-state index in [0.29, 0.717) is 32.7 Å². The normalized spacial score (nSPS) is 17.6. The number of esters is 1. The number of methoxy groups -OCH3 is 1. The fourth-order valence-corrected chi connectivity index (χ4v) is 6.98. The van der Waals surface area contributed by atoms with Crippen molar-refractivity contribution in [3.8, 4) is 0 Å². The number of aromatic nitrogens is 1. The number of nitrogens with zero attached hydrogens (tertiary/aromatic N) is 3. The molecule has 3 heterocycles. The van der Waals surface area contributed by atoms with Crippen molar-refractivity contribution in [2.24, 2.45) is 4.99 Å². The number of anilines is 1. The molecular weight excluding hydrogens is 542 g/mol. The summed E-state index contributed by atoms with van der Waals surface area (Å²) in [5, 5.41) is 0. The van der Waals surface area contributed by atoms with Crippen LogP contribution in [0.2, 0.25) is 0 Å². The first kappa shape index (κ1) is 28.1. The van der Waals surface area contributed by atoms with Crippen LogP contribution in [0.5, 0.6) is 0 Å². The number of para-hydroxylation sites is 1. The number of rotatable bonds is 9. The molecule has 1 amide bonds. The summed E-state index contributed by atoms with van der Waals surface area (Å²) in [6.45, 7) is 4.55. The second kappa shape index (κ2) is 12.0. The lowest BCUT2D eigenvalue weighted by Crippen LogP contribution is -2.41. The van der Waals surface area contributed by atoms with Gasteiger partial charge in [0.05, 0.1) is 35.7 Å². The van der Waals surface area contributed by atoms with Crippen molar-refractivity contribution < 1.29 is 14.3 Å². The summed E-state index contributed by atoms with van der Waals surface area (Å²) in [7, 11) is 1.33. The molecular formula is C31H33N3O4S2. The van der Waals surface area contributed by atoms with Crippen LogP contribution in [0.15, 0.2) is 74.5 Å². The van der Waals surface area contributed by atoms with Gasteiger partial charge in [0.1, 0.15) is 4.53 Å². The second-order valence-electron chi connectivity index (χ2n) is 9.93. The highest BCUT2D eigenvalue weighted by molar-refractivity contribution is 7.98. The largest absolute Gasteiger partial charge is 0.466 e. The molecule has 0 N–H and O–H groups in total. The smallest absolute Gasteiger partial charge is 0.338 e. The molecule has 2 aliphatic rings. The molecule has 0 radical (unpaired) electrons. The molecule has 0 aliphatic carbocycles. The van der Waals surface area contributed by atoms with Crippen LogP contribution in [-0.4, -0.2) is 36.4 Å². The SMILES string of the molecule is CCCCCCCN1C(=O)C(=c2sc3n(c2=O)C(c2ccc(SC)cc2)C(C(=O)OC)=C(C)N=3)c2ccccc21. The third-order valence-electron chi connectivity index (χ3n) is 7.47. The van der Waals surface area contributed by atoms with Crippen LogP contribution in [0, 0.1) is 0 Å². The van der Waals surface area contributed by atoms with E-state index in [2.05, 4.69) is 11.9 Å². The maximum atomic E-state index is 14.2. The number of unbranched alkanes of at least 4 members (excludes halogenated alkanes) is 4. The first-order valence-electron chi connectivity index (χ1n) is 13.6. The third kappa shape index (κ3) is 4.97. The minimum Gasteiger partial charge on any atom is -0.466 e. The molecule has 0 spiro atoms. The van der Waals surface area contributed by atoms with Crippen molar-refractivity contribution in [1.82, 2.24) is 4.57 Å². The molecule has 7 nitrogen and oxygen atoms in total. The van der Waals surface area contributed by atoms with Gasteiger partial charge >= 0.3 is 5.97 Å². The fraction of sp³-hybridized carbons (Fsp3) is 0.355. The maximum Gasteiger partial charge on any atom is 0.338 e. The predicted octanol–water partition coefficient (Wildman–Crippen LogP) is 4.82. The van der Waals surface area contributed by atoms with Gasteiger partial charge < -0.3 is 9.64 Å². The molecule has 1 unspecified atom stereocenters. The van der Waals surface area contributed by atoms with Crippen LogP contribution < -0.4 is 19.8 Å². The Morgan fingerprint density at radius 2 is 1.77 bits per heavy atom. The summed E-state index contributed by atoms with van der Waals surface area (Å²) in [6, 6.07) is 14.7. The van der Waals surface area contributed by atoms with E-state index in [-0.39, 0.29) is 11.5 Å². The van der Waals surface area contributed by atoms with Gasteiger partial charge in [-0.25, -0.2) is 9.79 Å². The zero-order valence-electron chi connectivity index (χ0n) is 23.2. The Labute approximate surface area is 241 Å². The van der Waals surface area contributed by atoms with Crippen molar-refractivity contribution in [3.63, 3.8) is 0 Å². The number of thioether (sulfide) groups is 1. The van der Waals surface area contributed by atoms with E-state index >= 15 is 0 Å². The number of hydrogen-bond donors (Lipinski definition) is 0. The van der Waals surface area contributed by atoms with Gasteiger partial charge in [0, 0.05) is 17.0 Å². The Morgan fingerprint density at radius 3 is 2.48 bits per heavy atom. The van der Waals surface area contributed by atoms with Gasteiger partial charge in [0.25, 0.3) is 11.5 Å². The van der Waals surface area contributed by atoms with E-state index in [1.807, 2.05) is 54.8 Å². The molecule has 5 rings (SSSR count). The number of fused-ring (bicyclic) bond motifs is 2. The average Bonchev–Trinajstić information content (AvgIpc) is 3.43. The van der Waals surface area contributed by atoms with E-state index in [4.69, 9.17) is 4.74 Å². The van der Waals surface area contributed by atoms with Gasteiger partial charge in [-0.15, -0.1) is 11.8 Å². The Hall–Kier alpha value is -3.43. The molecule has 0 saturated carbocycles. The van der Waals surface area contributed by atoms with Gasteiger partial charge in [-0.2, -0.15) is 0 Å². The maximum absolute atomic E-state index is 14.2. The molecule has 0 saturated heterocycles. The van der Waals surface area contributed by atoms with Crippen LogP contribution in [0.1, 0.15) is 63.1 Å². The first-order chi connectivity index (χ1) is 19.4. The van der Waals surface area contributed by atoms with Crippen molar-refractivity contribution >= 4 is 46.2 Å². The molecule has 2 aliphatic heterocycles. The zero-order chi connectivity index (χ0) is 28.4. The first-order valence-corrected chi connectivity index (χ1v) is 15.6. The van der Waals surface area contributed by atoms with Crippen molar-refractivity contribution in [2.75, 3.05) is 24.8 Å². The minimum atomic E-state index is -0.713. The highest BCUT2D eigenvalue weighted by Crippen LogP contribution is 2.36. The standard InChI is InChI=1S/C31H33N3O4S2/c1-5-6-7-8-11-18-33-23-13-10-9-12-22(23)25(28(33)35)27-29(36)34-26(20-14-16-21(39-4)17-15-20)24(30(37)38-3)19(2)32-31(34)40-27/h9-10,12-17,26H,5-8,11,18H2,1-4H3. The molecule has 40 heavy (non-hydrogen) atoms. The van der Waals surface area contributed by atoms with E-state index in [1.54, 1.807) is 28.2 Å². The second-order valence-corrected chi connectivity index (χ2v) is 11.8. The summed E-state index contributed by atoms with van der Waals surface area (Å²) in [4.78, 5) is 49.0. The number of allylic oxidation sites excluding steroid dienone is 1. The van der Waals surface area contributed by atoms with Gasteiger partial charge in [-0.3, -0.25) is 14.2 Å². The Bertz CT molecular complexity index is 1670. The van der Waals surface area contributed by atoms with Crippen LogP contribution in [0.4, 0.5) is 5.69 Å². The van der Waals surface area contributed by atoms with Gasteiger partial charge in [-0.1, -0.05) is 74.3 Å². The van der Waals surface area contributed by atoms with Crippen LogP contribution >= 0.6 is 23.1 Å². The number of amides is 1. The Kier molecular flexibility index (Phi) is 8.42. The molecule has 3 aromatic rings. The van der Waals surface area contributed by atoms with Gasteiger partial charge in [-0.05, 0) is 43.4 Å². The number of benzene rings is 2. The van der Waals surface area contributed by atoms with E-state index in [9.17, 15) is 14.4 Å². The van der Waals surface area contributed by atoms with Gasteiger partial charge in [0.15, 0.2) is 4.80 Å². The average molecular weight is 576 g/mol. The number of carbonyl (C=O) groups is 2. The quantitative estimate of drug-likeness (QED) is 0.208. The zero-order valence-corrected chi connectivity index (χ0v) is 24.9. The summed E-state index contributed by atoms with van der Waals surface area (Å²) in [5.74, 6) is -0.693. The van der Waals surface area contributed by atoms with Crippen molar-refractivity contribution in [1.29, 1.82) is 0 Å². The molecule has 0 fully saturated rings. The summed E-state index contributed by atoms with van der Waals surface area (Å²) in [6.07, 6.45) is 7.45. The van der Waals surface area contributed by atoms with Crippen molar-refractivity contribution in [2.45, 2.75) is 56.9 Å². The van der Waals surface area contributed by atoms with Crippen LogP contribution in [-0.2, 0) is 14.3 Å². The van der Waals surface area contributed by atoms with Crippen molar-refractivity contribution in [3.05, 3.63) is 90.6 Å². The fourth-order valence-electron chi connectivity index (χ4n) is 5.44. The predicted molar refractivity (Wildman–Crippen MR) is 161 cm³/mol. The number of thiazole rings is 1. The Balaban J connectivity index is 1.67. The summed E-state index contributed by atoms with van der Waals surface area (Å²) < 4.78 is 7.01. The summed E-state index contributed by atoms with van der Waals surface area (Å²) >= 11 is 2.82. The summed E-state index contributed by atoms with van der Waals surface area (Å²) in [5.41, 5.74) is 3.25. The molecule has 208 valence electrons. The van der Waals surface area contributed by atoms with E-state index < -0.39 is 12.0 Å². The van der Waals surface area contributed by atoms with E-state index in [1.165, 1.54) is 24.9 Å². The number of ether oxygens (including phenoxy) is 1. The molecule has 1 aromatic heterocycles. The number of hydrogen-bond acceptors (Lipinski definition) is 7. The molecule has 1 atom stereocenters. The highest BCUT2D eigenvalue weighted by Gasteiger charge is 2.37. The van der Waals surface area contributed by atoms with Crippen LogP contribution in [0.3, 0.4) is 0 Å². The monoisotopic (exact) mass is 575 g/mol. The third-order valence-corrected chi connectivity index (χ3v) is 9.27. The topological polar surface area (TPSA) is 81.0 Å².